The molecule has 0 fully saturated rings. The molecule has 1 N–H and O–H groups in total. The van der Waals surface area contributed by atoms with Crippen LogP contribution in [0.5, 0.6) is 0 Å². The minimum Gasteiger partial charge on any atom is -0.396 e. The molecule has 0 aromatic rings. The lowest BCUT2D eigenvalue weighted by Crippen LogP contribution is -2.32. The molecule has 0 radical (unpaired) electrons. The smallest absolute Gasteiger partial charge is 0.396 e. The predicted molar refractivity (Wildman–Crippen MR) is 59.1 cm³/mol. The van der Waals surface area contributed by atoms with Gasteiger partial charge in [-0.25, -0.2) is 0 Å². The number of rotatable bonds is 2. The molecule has 0 aromatic heterocycles. The number of fused-ring (bicyclic) bond motifs is 1. The van der Waals surface area contributed by atoms with Crippen LogP contribution in [0.2, 0.25) is 0 Å². The van der Waals surface area contributed by atoms with Gasteiger partial charge in [-0.3, -0.25) is 4.99 Å². The van der Waals surface area contributed by atoms with E-state index in [1.807, 2.05) is 0 Å². The van der Waals surface area contributed by atoms with Crippen LogP contribution in [0, 0.1) is 0 Å². The molecule has 1 unspecified atom stereocenters. The van der Waals surface area contributed by atoms with E-state index in [1.165, 1.54) is 12.3 Å². The van der Waals surface area contributed by atoms with E-state index in [9.17, 15) is 13.2 Å². The van der Waals surface area contributed by atoms with Crippen LogP contribution in [-0.2, 0) is 0 Å². The van der Waals surface area contributed by atoms with Crippen molar-refractivity contribution in [3.05, 3.63) is 35.6 Å². The molecule has 92 valence electrons. The fraction of sp³-hybridized carbons (Fsp3) is 0.364. The molecule has 2 nitrogen and oxygen atoms in total. The van der Waals surface area contributed by atoms with Crippen molar-refractivity contribution in [1.29, 1.82) is 0 Å². The molecular formula is C11H9ClF3NO. The van der Waals surface area contributed by atoms with Crippen molar-refractivity contribution in [2.45, 2.75) is 17.5 Å². The van der Waals surface area contributed by atoms with Gasteiger partial charge < -0.3 is 5.11 Å². The summed E-state index contributed by atoms with van der Waals surface area (Å²) in [6.45, 7) is -0.118. The van der Waals surface area contributed by atoms with Gasteiger partial charge in [0, 0.05) is 12.8 Å². The Balaban J connectivity index is 2.31. The second kappa shape index (κ2) is 3.99. The van der Waals surface area contributed by atoms with Crippen LogP contribution in [0.4, 0.5) is 13.2 Å². The van der Waals surface area contributed by atoms with Gasteiger partial charge in [-0.2, -0.15) is 13.2 Å². The van der Waals surface area contributed by atoms with Crippen LogP contribution in [0.1, 0.15) is 6.42 Å². The summed E-state index contributed by atoms with van der Waals surface area (Å²) in [7, 11) is 0. The molecule has 1 atom stereocenters. The van der Waals surface area contributed by atoms with Crippen molar-refractivity contribution in [2.24, 2.45) is 4.99 Å². The molecule has 0 bridgehead atoms. The van der Waals surface area contributed by atoms with Crippen LogP contribution < -0.4 is 0 Å². The minimum atomic E-state index is -4.41. The van der Waals surface area contributed by atoms with E-state index >= 15 is 0 Å². The Labute approximate surface area is 101 Å². The van der Waals surface area contributed by atoms with E-state index in [0.29, 0.717) is 5.57 Å². The summed E-state index contributed by atoms with van der Waals surface area (Å²) in [5, 5.41) is 8.84. The van der Waals surface area contributed by atoms with Gasteiger partial charge >= 0.3 is 6.18 Å². The summed E-state index contributed by atoms with van der Waals surface area (Å²) >= 11 is 6.22. The summed E-state index contributed by atoms with van der Waals surface area (Å²) in [6, 6.07) is 0. The number of allylic oxidation sites excluding steroid dienone is 4. The number of aliphatic hydroxyl groups excluding tert-OH is 1. The second-order valence-electron chi connectivity index (χ2n) is 3.78. The molecule has 1 aliphatic heterocycles. The Morgan fingerprint density at radius 2 is 2.12 bits per heavy atom. The van der Waals surface area contributed by atoms with Gasteiger partial charge in [0.2, 0.25) is 0 Å². The van der Waals surface area contributed by atoms with Crippen LogP contribution in [-0.4, -0.2) is 28.5 Å². The fourth-order valence-electron chi connectivity index (χ4n) is 1.78. The maximum absolute atomic E-state index is 12.5. The molecular weight excluding hydrogens is 255 g/mol. The van der Waals surface area contributed by atoms with Gasteiger partial charge in [0.1, 0.15) is 4.87 Å². The first-order valence-corrected chi connectivity index (χ1v) is 5.31. The highest BCUT2D eigenvalue weighted by atomic mass is 35.5. The molecule has 0 saturated carbocycles. The Morgan fingerprint density at radius 1 is 1.41 bits per heavy atom. The Bertz CT molecular complexity index is 462. The molecule has 0 aromatic carbocycles. The molecule has 0 saturated heterocycles. The third kappa shape index (κ3) is 2.05. The van der Waals surface area contributed by atoms with Crippen molar-refractivity contribution in [1.82, 2.24) is 0 Å². The quantitative estimate of drug-likeness (QED) is 0.764. The third-order valence-electron chi connectivity index (χ3n) is 2.69. The Morgan fingerprint density at radius 3 is 2.71 bits per heavy atom. The monoisotopic (exact) mass is 263 g/mol. The highest BCUT2D eigenvalue weighted by molar-refractivity contribution is 6.43. The van der Waals surface area contributed by atoms with Crippen molar-refractivity contribution in [3.8, 4) is 0 Å². The van der Waals surface area contributed by atoms with Crippen LogP contribution in [0.3, 0.4) is 0 Å². The van der Waals surface area contributed by atoms with Gasteiger partial charge in [-0.15, -0.1) is 11.6 Å². The highest BCUT2D eigenvalue weighted by Crippen LogP contribution is 2.41. The standard InChI is InChI=1S/C11H9ClF3NO/c12-10-3-1-7(11(13,14)15)5-9(10)16-6-8(10)2-4-17/h1,3,5-6,17H,2,4H2. The normalized spacial score (nSPS) is 27.5. The summed E-state index contributed by atoms with van der Waals surface area (Å²) in [5.74, 6) is 0. The van der Waals surface area contributed by atoms with Crippen molar-refractivity contribution < 1.29 is 18.3 Å². The van der Waals surface area contributed by atoms with E-state index in [0.717, 1.165) is 12.2 Å². The van der Waals surface area contributed by atoms with Crippen LogP contribution >= 0.6 is 11.6 Å². The first kappa shape index (κ1) is 12.4. The fourth-order valence-corrected chi connectivity index (χ4v) is 2.09. The van der Waals surface area contributed by atoms with E-state index < -0.39 is 16.6 Å². The molecule has 1 aliphatic carbocycles. The van der Waals surface area contributed by atoms with Gasteiger partial charge in [-0.05, 0) is 18.1 Å². The average molecular weight is 264 g/mol. The average Bonchev–Trinajstić information content (AvgIpc) is 2.54. The van der Waals surface area contributed by atoms with Gasteiger partial charge in [0.25, 0.3) is 0 Å². The molecule has 1 heterocycles. The maximum atomic E-state index is 12.5. The van der Waals surface area contributed by atoms with E-state index in [4.69, 9.17) is 16.7 Å². The zero-order valence-corrected chi connectivity index (χ0v) is 9.39. The van der Waals surface area contributed by atoms with E-state index in [-0.39, 0.29) is 18.7 Å². The van der Waals surface area contributed by atoms with Crippen molar-refractivity contribution >= 4 is 17.3 Å². The lowest BCUT2D eigenvalue weighted by atomic mass is 9.87. The van der Waals surface area contributed by atoms with Gasteiger partial charge in [-0.1, -0.05) is 12.2 Å². The summed E-state index contributed by atoms with van der Waals surface area (Å²) in [4.78, 5) is 2.75. The molecule has 0 spiro atoms. The number of hydrogen-bond donors (Lipinski definition) is 1. The summed E-state index contributed by atoms with van der Waals surface area (Å²) in [5.41, 5.74) is -0.0194. The third-order valence-corrected chi connectivity index (χ3v) is 3.26. The Hall–Kier alpha value is -1.07. The highest BCUT2D eigenvalue weighted by Gasteiger charge is 2.43. The van der Waals surface area contributed by atoms with E-state index in [2.05, 4.69) is 4.99 Å². The first-order valence-electron chi connectivity index (χ1n) is 4.93. The lowest BCUT2D eigenvalue weighted by Gasteiger charge is -2.26. The van der Waals surface area contributed by atoms with E-state index in [1.54, 1.807) is 0 Å². The topological polar surface area (TPSA) is 32.6 Å². The summed E-state index contributed by atoms with van der Waals surface area (Å²) in [6.07, 6.45) is 0.451. The number of hydrogen-bond acceptors (Lipinski definition) is 2. The first-order chi connectivity index (χ1) is 7.88. The SMILES string of the molecule is OCCC1=CN=C2C=C(C(F)(F)F)C=CC12Cl. The van der Waals surface area contributed by atoms with Crippen LogP contribution in [0.15, 0.2) is 40.6 Å². The largest absolute Gasteiger partial charge is 0.416 e. The number of aliphatic imine (C=N–C) groups is 1. The number of nitrogens with zero attached hydrogens (tertiary/aromatic N) is 1. The van der Waals surface area contributed by atoms with Crippen LogP contribution in [0.25, 0.3) is 0 Å². The predicted octanol–water partition coefficient (Wildman–Crippen LogP) is 2.74. The molecule has 2 rings (SSSR count). The second-order valence-corrected chi connectivity index (χ2v) is 4.38. The zero-order valence-electron chi connectivity index (χ0n) is 8.63. The van der Waals surface area contributed by atoms with Crippen molar-refractivity contribution in [3.63, 3.8) is 0 Å². The lowest BCUT2D eigenvalue weighted by molar-refractivity contribution is -0.0881. The number of alkyl halides is 4. The molecule has 2 aliphatic rings. The zero-order chi connectivity index (χ0) is 12.7. The van der Waals surface area contributed by atoms with Crippen molar-refractivity contribution in [2.75, 3.05) is 6.61 Å². The number of aliphatic hydroxyl groups is 1. The van der Waals surface area contributed by atoms with Gasteiger partial charge in [0.05, 0.1) is 11.3 Å². The molecule has 6 heteroatoms. The maximum Gasteiger partial charge on any atom is 0.416 e. The summed E-state index contributed by atoms with van der Waals surface area (Å²) < 4.78 is 37.5. The molecule has 0 amide bonds. The number of halogens is 4. The molecule has 17 heavy (non-hydrogen) atoms. The Kier molecular flexibility index (Phi) is 2.91. The minimum absolute atomic E-state index is 0.118. The van der Waals surface area contributed by atoms with Gasteiger partial charge in [0.15, 0.2) is 0 Å².